The zero-order valence-electron chi connectivity index (χ0n) is 14.5. The first kappa shape index (κ1) is 25.8. The lowest BCUT2D eigenvalue weighted by Crippen LogP contribution is -2.31. The van der Waals surface area contributed by atoms with Crippen molar-refractivity contribution in [2.24, 2.45) is 5.41 Å². The lowest BCUT2D eigenvalue weighted by molar-refractivity contribution is -0.137. The van der Waals surface area contributed by atoms with Crippen LogP contribution in [0.5, 0.6) is 0 Å². The number of hydrogen-bond acceptors (Lipinski definition) is 6. The van der Waals surface area contributed by atoms with Gasteiger partial charge in [0.05, 0.1) is 23.7 Å². The molecule has 144 valence electrons. The van der Waals surface area contributed by atoms with Gasteiger partial charge in [0.1, 0.15) is 0 Å². The lowest BCUT2D eigenvalue weighted by Gasteiger charge is -2.33. The molecule has 6 nitrogen and oxygen atoms in total. The molecule has 0 aromatic carbocycles. The van der Waals surface area contributed by atoms with Crippen molar-refractivity contribution in [3.05, 3.63) is 0 Å². The van der Waals surface area contributed by atoms with E-state index in [0.717, 1.165) is 12.8 Å². The van der Waals surface area contributed by atoms with Crippen LogP contribution in [0.1, 0.15) is 58.8 Å². The van der Waals surface area contributed by atoms with Crippen LogP contribution >= 0.6 is 25.3 Å². The van der Waals surface area contributed by atoms with Gasteiger partial charge in [-0.05, 0) is 25.7 Å². The van der Waals surface area contributed by atoms with E-state index < -0.39 is 22.4 Å². The average molecular weight is 385 g/mol. The summed E-state index contributed by atoms with van der Waals surface area (Å²) in [4.78, 5) is 19.7. The fraction of sp³-hybridized carbons (Fsp3) is 0.875. The number of aliphatic carboxylic acids is 2. The van der Waals surface area contributed by atoms with E-state index in [0.29, 0.717) is 12.8 Å². The van der Waals surface area contributed by atoms with E-state index in [9.17, 15) is 9.59 Å². The standard InChI is InChI=1S/C8H16O2.2C4H8O2S/c9-6-8(7-10)4-2-1-3-5-8;2*1-2-3(7)4(5)6/h9-10H,1-7H2;2*3,7H,2H2,1H3,(H,5,6). The van der Waals surface area contributed by atoms with Gasteiger partial charge in [0.2, 0.25) is 0 Å². The van der Waals surface area contributed by atoms with Crippen LogP contribution in [0.2, 0.25) is 0 Å². The summed E-state index contributed by atoms with van der Waals surface area (Å²) in [5.74, 6) is -1.68. The molecule has 2 atom stereocenters. The number of aliphatic hydroxyl groups excluding tert-OH is 2. The van der Waals surface area contributed by atoms with E-state index >= 15 is 0 Å². The first-order chi connectivity index (χ1) is 11.2. The summed E-state index contributed by atoms with van der Waals surface area (Å²) in [6.07, 6.45) is 6.76. The molecule has 0 amide bonds. The Bertz CT molecular complexity index is 319. The van der Waals surface area contributed by atoms with Gasteiger partial charge in [-0.2, -0.15) is 25.3 Å². The molecule has 0 radical (unpaired) electrons. The van der Waals surface area contributed by atoms with E-state index in [4.69, 9.17) is 20.4 Å². The number of thiol groups is 2. The molecule has 0 aromatic heterocycles. The molecular formula is C16H32O6S2. The Balaban J connectivity index is 0. The number of hydrogen-bond donors (Lipinski definition) is 6. The molecule has 0 bridgehead atoms. The summed E-state index contributed by atoms with van der Waals surface area (Å²) in [6.45, 7) is 3.88. The highest BCUT2D eigenvalue weighted by molar-refractivity contribution is 7.82. The van der Waals surface area contributed by atoms with Crippen molar-refractivity contribution in [3.8, 4) is 0 Å². The first-order valence-corrected chi connectivity index (χ1v) is 9.26. The largest absolute Gasteiger partial charge is 0.480 e. The van der Waals surface area contributed by atoms with E-state index in [1.807, 2.05) is 0 Å². The molecule has 0 heterocycles. The Hall–Kier alpha value is -0.440. The molecule has 0 aliphatic heterocycles. The van der Waals surface area contributed by atoms with Crippen molar-refractivity contribution in [2.45, 2.75) is 69.3 Å². The molecule has 0 saturated heterocycles. The van der Waals surface area contributed by atoms with E-state index in [1.165, 1.54) is 19.3 Å². The summed E-state index contributed by atoms with van der Waals surface area (Å²) < 4.78 is 0. The summed E-state index contributed by atoms with van der Waals surface area (Å²) >= 11 is 7.45. The zero-order valence-corrected chi connectivity index (χ0v) is 16.3. The van der Waals surface area contributed by atoms with Crippen LogP contribution in [0.25, 0.3) is 0 Å². The summed E-state index contributed by atoms with van der Waals surface area (Å²) in [5.41, 5.74) is -0.127. The van der Waals surface area contributed by atoms with E-state index in [2.05, 4.69) is 25.3 Å². The molecule has 1 fully saturated rings. The molecule has 1 aliphatic rings. The van der Waals surface area contributed by atoms with Crippen molar-refractivity contribution in [2.75, 3.05) is 13.2 Å². The van der Waals surface area contributed by atoms with Crippen LogP contribution in [0, 0.1) is 5.41 Å². The first-order valence-electron chi connectivity index (χ1n) is 8.23. The van der Waals surface area contributed by atoms with Crippen LogP contribution in [0.4, 0.5) is 0 Å². The van der Waals surface area contributed by atoms with Crippen LogP contribution < -0.4 is 0 Å². The second-order valence-corrected chi connectivity index (χ2v) is 7.15. The summed E-state index contributed by atoms with van der Waals surface area (Å²) in [6, 6.07) is 0. The van der Waals surface area contributed by atoms with Crippen molar-refractivity contribution in [3.63, 3.8) is 0 Å². The maximum atomic E-state index is 9.85. The smallest absolute Gasteiger partial charge is 0.316 e. The number of rotatable bonds is 6. The number of carboxylic acids is 2. The predicted octanol–water partition coefficient (Wildman–Crippen LogP) is 2.48. The minimum absolute atomic E-state index is 0.127. The predicted molar refractivity (Wildman–Crippen MR) is 101 cm³/mol. The van der Waals surface area contributed by atoms with Gasteiger partial charge in [0.15, 0.2) is 0 Å². The van der Waals surface area contributed by atoms with Gasteiger partial charge in [0, 0.05) is 5.41 Å². The topological polar surface area (TPSA) is 115 Å². The van der Waals surface area contributed by atoms with Crippen molar-refractivity contribution in [1.82, 2.24) is 0 Å². The van der Waals surface area contributed by atoms with Crippen molar-refractivity contribution < 1.29 is 30.0 Å². The SMILES string of the molecule is CCC(S)C(=O)O.CCC(S)C(=O)O.OCC1(CO)CCCCC1. The molecule has 1 rings (SSSR count). The van der Waals surface area contributed by atoms with Crippen LogP contribution in [0.15, 0.2) is 0 Å². The fourth-order valence-electron chi connectivity index (χ4n) is 2.02. The monoisotopic (exact) mass is 384 g/mol. The highest BCUT2D eigenvalue weighted by Crippen LogP contribution is 2.34. The third-order valence-electron chi connectivity index (χ3n) is 3.93. The molecular weight excluding hydrogens is 352 g/mol. The highest BCUT2D eigenvalue weighted by atomic mass is 32.1. The maximum absolute atomic E-state index is 9.85. The van der Waals surface area contributed by atoms with Gasteiger partial charge in [-0.1, -0.05) is 33.1 Å². The van der Waals surface area contributed by atoms with Crippen LogP contribution in [-0.4, -0.2) is 56.1 Å². The summed E-state index contributed by atoms with van der Waals surface area (Å²) in [5, 5.41) is 33.2. The average Bonchev–Trinajstić information content (AvgIpc) is 2.61. The second-order valence-electron chi connectivity index (χ2n) is 5.90. The van der Waals surface area contributed by atoms with Gasteiger partial charge in [-0.15, -0.1) is 0 Å². The second kappa shape index (κ2) is 14.9. The lowest BCUT2D eigenvalue weighted by atomic mass is 9.75. The Morgan fingerprint density at radius 1 is 0.875 bits per heavy atom. The Morgan fingerprint density at radius 2 is 1.21 bits per heavy atom. The Kier molecular flexibility index (Phi) is 16.0. The minimum Gasteiger partial charge on any atom is -0.480 e. The highest BCUT2D eigenvalue weighted by Gasteiger charge is 2.30. The number of carbonyl (C=O) groups is 2. The van der Waals surface area contributed by atoms with Crippen LogP contribution in [-0.2, 0) is 9.59 Å². The molecule has 8 heteroatoms. The van der Waals surface area contributed by atoms with Crippen molar-refractivity contribution in [1.29, 1.82) is 0 Å². The fourth-order valence-corrected chi connectivity index (χ4v) is 2.02. The zero-order chi connectivity index (χ0) is 19.2. The number of aliphatic hydroxyl groups is 2. The quantitative estimate of drug-likeness (QED) is 0.392. The summed E-state index contributed by atoms with van der Waals surface area (Å²) in [7, 11) is 0. The van der Waals surface area contributed by atoms with Crippen LogP contribution in [0.3, 0.4) is 0 Å². The molecule has 4 N–H and O–H groups in total. The van der Waals surface area contributed by atoms with Crippen molar-refractivity contribution >= 4 is 37.2 Å². The Labute approximate surface area is 155 Å². The van der Waals surface area contributed by atoms with Gasteiger partial charge >= 0.3 is 11.9 Å². The normalized spacial score (nSPS) is 18.1. The maximum Gasteiger partial charge on any atom is 0.316 e. The molecule has 24 heavy (non-hydrogen) atoms. The minimum atomic E-state index is -0.842. The van der Waals surface area contributed by atoms with Gasteiger partial charge in [-0.25, -0.2) is 0 Å². The molecule has 0 spiro atoms. The van der Waals surface area contributed by atoms with Gasteiger partial charge < -0.3 is 20.4 Å². The third-order valence-corrected chi connectivity index (χ3v) is 5.10. The van der Waals surface area contributed by atoms with E-state index in [1.54, 1.807) is 13.8 Å². The molecule has 1 aliphatic carbocycles. The van der Waals surface area contributed by atoms with Gasteiger partial charge in [-0.3, -0.25) is 9.59 Å². The Morgan fingerprint density at radius 3 is 1.33 bits per heavy atom. The van der Waals surface area contributed by atoms with Gasteiger partial charge in [0.25, 0.3) is 0 Å². The number of carboxylic acid groups (broad SMARTS) is 2. The third kappa shape index (κ3) is 12.0. The molecule has 2 unspecified atom stereocenters. The molecule has 0 aromatic rings. The molecule has 1 saturated carbocycles. The van der Waals surface area contributed by atoms with E-state index in [-0.39, 0.29) is 18.6 Å².